The Morgan fingerprint density at radius 1 is 1.45 bits per heavy atom. The second kappa shape index (κ2) is 5.44. The number of aromatic nitrogens is 2. The van der Waals surface area contributed by atoms with Gasteiger partial charge in [-0.2, -0.15) is 0 Å². The molecule has 1 saturated heterocycles. The molecular weight excluding hydrogens is 250 g/mol. The molecular formula is C16H23N3O. The van der Waals surface area contributed by atoms with Gasteiger partial charge in [0.15, 0.2) is 0 Å². The summed E-state index contributed by atoms with van der Waals surface area (Å²) in [6.45, 7) is 5.79. The van der Waals surface area contributed by atoms with E-state index in [2.05, 4.69) is 34.3 Å². The minimum Gasteiger partial charge on any atom is -0.497 e. The number of pyridine rings is 1. The van der Waals surface area contributed by atoms with E-state index in [1.54, 1.807) is 7.11 Å². The van der Waals surface area contributed by atoms with E-state index in [-0.39, 0.29) is 0 Å². The lowest BCUT2D eigenvalue weighted by Crippen LogP contribution is -2.37. The second-order valence-corrected chi connectivity index (χ2v) is 5.87. The Hall–Kier alpha value is -1.55. The van der Waals surface area contributed by atoms with Crippen molar-refractivity contribution in [3.63, 3.8) is 0 Å². The van der Waals surface area contributed by atoms with Crippen LogP contribution in [0.2, 0.25) is 0 Å². The fraction of sp³-hybridized carbons (Fsp3) is 0.562. The monoisotopic (exact) mass is 273 g/mol. The van der Waals surface area contributed by atoms with Gasteiger partial charge in [0.25, 0.3) is 0 Å². The van der Waals surface area contributed by atoms with Crippen LogP contribution < -0.4 is 4.74 Å². The van der Waals surface area contributed by atoms with Gasteiger partial charge in [0.2, 0.25) is 0 Å². The molecule has 20 heavy (non-hydrogen) atoms. The summed E-state index contributed by atoms with van der Waals surface area (Å²) in [5, 5.41) is 0. The highest BCUT2D eigenvalue weighted by Gasteiger charge is 2.27. The van der Waals surface area contributed by atoms with Crippen molar-refractivity contribution >= 4 is 5.52 Å². The van der Waals surface area contributed by atoms with Gasteiger partial charge in [-0.1, -0.05) is 0 Å². The maximum absolute atomic E-state index is 5.26. The van der Waals surface area contributed by atoms with E-state index in [4.69, 9.17) is 4.74 Å². The molecule has 3 heterocycles. The Balaban J connectivity index is 1.84. The van der Waals surface area contributed by atoms with Gasteiger partial charge in [-0.3, -0.25) is 4.90 Å². The summed E-state index contributed by atoms with van der Waals surface area (Å²) < 4.78 is 7.44. The van der Waals surface area contributed by atoms with Gasteiger partial charge < -0.3 is 9.14 Å². The first-order valence-corrected chi connectivity index (χ1v) is 7.45. The van der Waals surface area contributed by atoms with E-state index in [1.807, 2.05) is 18.3 Å². The Labute approximate surface area is 120 Å². The molecule has 0 radical (unpaired) electrons. The number of hydrogen-bond donors (Lipinski definition) is 0. The first-order valence-electron chi connectivity index (χ1n) is 7.45. The van der Waals surface area contributed by atoms with Crippen molar-refractivity contribution in [2.75, 3.05) is 13.7 Å². The van der Waals surface area contributed by atoms with Crippen LogP contribution >= 0.6 is 0 Å². The van der Waals surface area contributed by atoms with E-state index in [9.17, 15) is 0 Å². The summed E-state index contributed by atoms with van der Waals surface area (Å²) in [6.07, 6.45) is 7.61. The molecule has 2 aromatic heterocycles. The Kier molecular flexibility index (Phi) is 3.66. The number of likely N-dealkylation sites (tertiary alicyclic amines) is 1. The van der Waals surface area contributed by atoms with Gasteiger partial charge in [-0.05, 0) is 39.3 Å². The summed E-state index contributed by atoms with van der Waals surface area (Å²) in [4.78, 5) is 7.21. The van der Waals surface area contributed by atoms with E-state index in [0.717, 1.165) is 23.5 Å². The summed E-state index contributed by atoms with van der Waals surface area (Å²) in [7, 11) is 1.70. The van der Waals surface area contributed by atoms with Gasteiger partial charge >= 0.3 is 0 Å². The highest BCUT2D eigenvalue weighted by molar-refractivity contribution is 5.50. The maximum Gasteiger partial charge on any atom is 0.122 e. The van der Waals surface area contributed by atoms with Crippen LogP contribution in [0.1, 0.15) is 32.5 Å². The molecule has 1 aliphatic heterocycles. The van der Waals surface area contributed by atoms with Gasteiger partial charge in [-0.25, -0.2) is 4.98 Å². The largest absolute Gasteiger partial charge is 0.497 e. The molecule has 0 aromatic carbocycles. The number of nitrogens with zero attached hydrogens (tertiary/aromatic N) is 3. The first-order chi connectivity index (χ1) is 9.69. The van der Waals surface area contributed by atoms with E-state index in [0.29, 0.717) is 12.1 Å². The van der Waals surface area contributed by atoms with Crippen LogP contribution in [0.25, 0.3) is 5.52 Å². The number of imidazole rings is 1. The molecule has 1 fully saturated rings. The molecule has 1 aliphatic rings. The third-order valence-electron chi connectivity index (χ3n) is 4.32. The molecule has 2 aromatic rings. The summed E-state index contributed by atoms with van der Waals surface area (Å²) in [6, 6.07) is 5.27. The van der Waals surface area contributed by atoms with Crippen molar-refractivity contribution in [3.05, 3.63) is 30.4 Å². The van der Waals surface area contributed by atoms with Crippen LogP contribution in [0.5, 0.6) is 5.75 Å². The average Bonchev–Trinajstić information content (AvgIpc) is 3.06. The second-order valence-electron chi connectivity index (χ2n) is 5.87. The zero-order chi connectivity index (χ0) is 14.1. The molecule has 0 N–H and O–H groups in total. The highest BCUT2D eigenvalue weighted by Crippen LogP contribution is 2.24. The fourth-order valence-corrected chi connectivity index (χ4v) is 3.28. The zero-order valence-electron chi connectivity index (χ0n) is 12.5. The normalized spacial score (nSPS) is 20.1. The molecule has 3 rings (SSSR count). The lowest BCUT2D eigenvalue weighted by molar-refractivity contribution is 0.201. The smallest absolute Gasteiger partial charge is 0.122 e. The quantitative estimate of drug-likeness (QED) is 0.858. The van der Waals surface area contributed by atoms with Crippen LogP contribution in [0.15, 0.2) is 24.5 Å². The summed E-state index contributed by atoms with van der Waals surface area (Å²) in [5.41, 5.74) is 1.11. The van der Waals surface area contributed by atoms with Crippen molar-refractivity contribution in [2.24, 2.45) is 0 Å². The molecule has 0 spiro atoms. The number of rotatable bonds is 4. The van der Waals surface area contributed by atoms with Gasteiger partial charge in [0.05, 0.1) is 18.8 Å². The van der Waals surface area contributed by atoms with Crippen molar-refractivity contribution in [1.82, 2.24) is 14.3 Å². The molecule has 0 bridgehead atoms. The number of ether oxygens (including phenoxy) is 1. The van der Waals surface area contributed by atoms with Crippen LogP contribution in [-0.2, 0) is 6.42 Å². The Morgan fingerprint density at radius 3 is 3.05 bits per heavy atom. The topological polar surface area (TPSA) is 29.8 Å². The van der Waals surface area contributed by atoms with Crippen molar-refractivity contribution in [2.45, 2.75) is 45.2 Å². The molecule has 1 atom stereocenters. The maximum atomic E-state index is 5.26. The van der Waals surface area contributed by atoms with Crippen LogP contribution in [0.3, 0.4) is 0 Å². The summed E-state index contributed by atoms with van der Waals surface area (Å²) in [5.74, 6) is 2.04. The van der Waals surface area contributed by atoms with E-state index in [1.165, 1.54) is 19.4 Å². The molecule has 0 aliphatic carbocycles. The number of fused-ring (bicyclic) bond motifs is 1. The molecule has 1 unspecified atom stereocenters. The number of methoxy groups -OCH3 is 1. The van der Waals surface area contributed by atoms with Crippen molar-refractivity contribution in [1.29, 1.82) is 0 Å². The van der Waals surface area contributed by atoms with Crippen molar-refractivity contribution < 1.29 is 4.74 Å². The van der Waals surface area contributed by atoms with Crippen LogP contribution in [-0.4, -0.2) is 40.0 Å². The van der Waals surface area contributed by atoms with Gasteiger partial charge in [-0.15, -0.1) is 0 Å². The minimum absolute atomic E-state index is 0.619. The van der Waals surface area contributed by atoms with Crippen LogP contribution in [0.4, 0.5) is 0 Å². The molecule has 0 amide bonds. The lowest BCUT2D eigenvalue weighted by atomic mass is 10.1. The molecule has 4 heteroatoms. The molecule has 4 nitrogen and oxygen atoms in total. The van der Waals surface area contributed by atoms with Crippen molar-refractivity contribution in [3.8, 4) is 5.75 Å². The average molecular weight is 273 g/mol. The summed E-state index contributed by atoms with van der Waals surface area (Å²) >= 11 is 0. The van der Waals surface area contributed by atoms with E-state index >= 15 is 0 Å². The Morgan fingerprint density at radius 2 is 2.30 bits per heavy atom. The molecule has 0 saturated carbocycles. The number of hydrogen-bond acceptors (Lipinski definition) is 3. The standard InChI is InChI=1S/C16H23N3O/c1-12(2)18-7-4-5-13(18)10-16-17-11-14-9-15(20-3)6-8-19(14)16/h6,8-9,11-13H,4-5,7,10H2,1-3H3. The SMILES string of the molecule is COc1ccn2c(CC3CCCN3C(C)C)ncc2c1. The highest BCUT2D eigenvalue weighted by atomic mass is 16.5. The van der Waals surface area contributed by atoms with E-state index < -0.39 is 0 Å². The first kappa shape index (κ1) is 13.4. The predicted octanol–water partition coefficient (Wildman–Crippen LogP) is 2.76. The lowest BCUT2D eigenvalue weighted by Gasteiger charge is -2.27. The fourth-order valence-electron chi connectivity index (χ4n) is 3.28. The van der Waals surface area contributed by atoms with Gasteiger partial charge in [0, 0.05) is 30.8 Å². The third kappa shape index (κ3) is 2.40. The van der Waals surface area contributed by atoms with Gasteiger partial charge in [0.1, 0.15) is 11.6 Å². The minimum atomic E-state index is 0.619. The Bertz CT molecular complexity index is 590. The zero-order valence-corrected chi connectivity index (χ0v) is 12.5. The predicted molar refractivity (Wildman–Crippen MR) is 80.3 cm³/mol. The van der Waals surface area contributed by atoms with Crippen LogP contribution in [0, 0.1) is 0 Å². The third-order valence-corrected chi connectivity index (χ3v) is 4.32. The molecule has 108 valence electrons.